The van der Waals surface area contributed by atoms with Gasteiger partial charge in [0.05, 0.1) is 0 Å². The van der Waals surface area contributed by atoms with E-state index in [4.69, 9.17) is 11.6 Å². The molecule has 1 aliphatic rings. The van der Waals surface area contributed by atoms with Crippen LogP contribution in [0.5, 0.6) is 0 Å². The van der Waals surface area contributed by atoms with Crippen LogP contribution in [-0.4, -0.2) is 13.1 Å². The van der Waals surface area contributed by atoms with Crippen LogP contribution in [0.15, 0.2) is 18.2 Å². The Morgan fingerprint density at radius 3 is 2.69 bits per heavy atom. The molecule has 1 saturated heterocycles. The maximum Gasteiger partial charge on any atom is 0.127 e. The molecular formula is C13H17ClFN. The summed E-state index contributed by atoms with van der Waals surface area (Å²) in [6, 6.07) is 4.99. The zero-order valence-electron chi connectivity index (χ0n) is 9.52. The van der Waals surface area contributed by atoms with Crippen LogP contribution in [0.2, 0.25) is 5.02 Å². The number of halogens is 2. The lowest BCUT2D eigenvalue weighted by molar-refractivity contribution is 0.149. The summed E-state index contributed by atoms with van der Waals surface area (Å²) in [7, 11) is 0. The van der Waals surface area contributed by atoms with E-state index in [0.717, 1.165) is 37.9 Å². The van der Waals surface area contributed by atoms with E-state index in [1.165, 1.54) is 6.07 Å². The summed E-state index contributed by atoms with van der Waals surface area (Å²) < 4.78 is 13.7. The normalized spacial score (nSPS) is 18.2. The summed E-state index contributed by atoms with van der Waals surface area (Å²) in [5.41, 5.74) is 1.06. The van der Waals surface area contributed by atoms with Crippen molar-refractivity contribution in [3.8, 4) is 0 Å². The van der Waals surface area contributed by atoms with Gasteiger partial charge in [-0.05, 0) is 36.0 Å². The minimum Gasteiger partial charge on any atom is -0.316 e. The van der Waals surface area contributed by atoms with E-state index in [0.29, 0.717) is 5.02 Å². The van der Waals surface area contributed by atoms with Gasteiger partial charge in [0.1, 0.15) is 5.82 Å². The molecule has 1 N–H and O–H groups in total. The van der Waals surface area contributed by atoms with Crippen molar-refractivity contribution in [2.45, 2.75) is 26.2 Å². The van der Waals surface area contributed by atoms with Crippen LogP contribution in [-0.2, 0) is 6.42 Å². The fourth-order valence-electron chi connectivity index (χ4n) is 2.47. The van der Waals surface area contributed by atoms with Crippen molar-refractivity contribution in [2.24, 2.45) is 5.41 Å². The van der Waals surface area contributed by atoms with E-state index in [9.17, 15) is 4.39 Å². The zero-order chi connectivity index (χ0) is 11.6. The molecule has 1 aliphatic heterocycles. The summed E-state index contributed by atoms with van der Waals surface area (Å²) in [5, 5.41) is 3.76. The van der Waals surface area contributed by atoms with Crippen molar-refractivity contribution >= 4 is 11.6 Å². The molecule has 0 amide bonds. The molecule has 0 atom stereocenters. The van der Waals surface area contributed by atoms with Crippen molar-refractivity contribution in [1.82, 2.24) is 5.32 Å². The smallest absolute Gasteiger partial charge is 0.127 e. The Morgan fingerprint density at radius 2 is 2.19 bits per heavy atom. The SMILES string of the molecule is CCCC1(Cc2ccc(Cl)cc2F)CNC1. The van der Waals surface area contributed by atoms with Crippen LogP contribution in [0, 0.1) is 11.2 Å². The Hall–Kier alpha value is -0.600. The number of benzene rings is 1. The van der Waals surface area contributed by atoms with Crippen LogP contribution in [0.3, 0.4) is 0 Å². The maximum absolute atomic E-state index is 13.7. The van der Waals surface area contributed by atoms with Crippen molar-refractivity contribution in [3.63, 3.8) is 0 Å². The first-order valence-corrected chi connectivity index (χ1v) is 6.18. The molecule has 0 saturated carbocycles. The van der Waals surface area contributed by atoms with E-state index in [2.05, 4.69) is 12.2 Å². The van der Waals surface area contributed by atoms with Gasteiger partial charge in [-0.3, -0.25) is 0 Å². The molecule has 88 valence electrons. The van der Waals surface area contributed by atoms with E-state index < -0.39 is 0 Å². The Bertz CT molecular complexity index is 374. The van der Waals surface area contributed by atoms with Gasteiger partial charge in [0.15, 0.2) is 0 Å². The Morgan fingerprint density at radius 1 is 1.44 bits per heavy atom. The van der Waals surface area contributed by atoms with Gasteiger partial charge in [-0.25, -0.2) is 4.39 Å². The fraction of sp³-hybridized carbons (Fsp3) is 0.538. The van der Waals surface area contributed by atoms with E-state index in [-0.39, 0.29) is 11.2 Å². The molecule has 0 aromatic heterocycles. The lowest BCUT2D eigenvalue weighted by atomic mass is 9.73. The van der Waals surface area contributed by atoms with Crippen LogP contribution >= 0.6 is 11.6 Å². The average Bonchev–Trinajstić information content (AvgIpc) is 2.18. The van der Waals surface area contributed by atoms with Crippen LogP contribution in [0.25, 0.3) is 0 Å². The highest BCUT2D eigenvalue weighted by atomic mass is 35.5. The molecule has 0 radical (unpaired) electrons. The molecule has 0 spiro atoms. The quantitative estimate of drug-likeness (QED) is 0.852. The molecule has 1 nitrogen and oxygen atoms in total. The zero-order valence-corrected chi connectivity index (χ0v) is 10.3. The Balaban J connectivity index is 2.13. The molecule has 1 heterocycles. The molecule has 0 unspecified atom stereocenters. The minimum absolute atomic E-state index is 0.171. The molecule has 1 aromatic carbocycles. The molecule has 0 bridgehead atoms. The molecule has 2 rings (SSSR count). The van der Waals surface area contributed by atoms with Gasteiger partial charge < -0.3 is 5.32 Å². The third-order valence-electron chi connectivity index (χ3n) is 3.36. The summed E-state index contributed by atoms with van der Waals surface area (Å²) in [6.45, 7) is 4.18. The molecule has 1 fully saturated rings. The second-order valence-electron chi connectivity index (χ2n) is 4.77. The molecular weight excluding hydrogens is 225 g/mol. The first kappa shape index (κ1) is 11.9. The van der Waals surface area contributed by atoms with Gasteiger partial charge in [0, 0.05) is 18.1 Å². The summed E-state index contributed by atoms with van der Waals surface area (Å²) >= 11 is 5.74. The third kappa shape index (κ3) is 2.38. The van der Waals surface area contributed by atoms with Gasteiger partial charge >= 0.3 is 0 Å². The summed E-state index contributed by atoms with van der Waals surface area (Å²) in [6.07, 6.45) is 3.12. The summed E-state index contributed by atoms with van der Waals surface area (Å²) in [4.78, 5) is 0. The minimum atomic E-state index is -0.171. The largest absolute Gasteiger partial charge is 0.316 e. The highest BCUT2D eigenvalue weighted by molar-refractivity contribution is 6.30. The highest BCUT2D eigenvalue weighted by Gasteiger charge is 2.36. The van der Waals surface area contributed by atoms with Crippen LogP contribution in [0.1, 0.15) is 25.3 Å². The van der Waals surface area contributed by atoms with Crippen LogP contribution < -0.4 is 5.32 Å². The Kier molecular flexibility index (Phi) is 3.50. The maximum atomic E-state index is 13.7. The standard InChI is InChI=1S/C13H17ClFN/c1-2-5-13(8-16-9-13)7-10-3-4-11(14)6-12(10)15/h3-4,6,16H,2,5,7-9H2,1H3. The summed E-state index contributed by atoms with van der Waals surface area (Å²) in [5.74, 6) is -0.171. The van der Waals surface area contributed by atoms with E-state index in [1.54, 1.807) is 6.07 Å². The lowest BCUT2D eigenvalue weighted by Gasteiger charge is -2.43. The van der Waals surface area contributed by atoms with Gasteiger partial charge in [-0.2, -0.15) is 0 Å². The monoisotopic (exact) mass is 241 g/mol. The average molecular weight is 242 g/mol. The molecule has 16 heavy (non-hydrogen) atoms. The van der Waals surface area contributed by atoms with Gasteiger partial charge in [-0.15, -0.1) is 0 Å². The van der Waals surface area contributed by atoms with Crippen molar-refractivity contribution in [3.05, 3.63) is 34.6 Å². The first-order valence-electron chi connectivity index (χ1n) is 5.80. The van der Waals surface area contributed by atoms with Crippen molar-refractivity contribution in [2.75, 3.05) is 13.1 Å². The van der Waals surface area contributed by atoms with Gasteiger partial charge in [-0.1, -0.05) is 31.0 Å². The van der Waals surface area contributed by atoms with Gasteiger partial charge in [0.25, 0.3) is 0 Å². The molecule has 3 heteroatoms. The predicted octanol–water partition coefficient (Wildman–Crippen LogP) is 3.41. The van der Waals surface area contributed by atoms with Crippen molar-refractivity contribution < 1.29 is 4.39 Å². The number of hydrogen-bond acceptors (Lipinski definition) is 1. The van der Waals surface area contributed by atoms with Crippen molar-refractivity contribution in [1.29, 1.82) is 0 Å². The molecule has 0 aliphatic carbocycles. The lowest BCUT2D eigenvalue weighted by Crippen LogP contribution is -2.54. The third-order valence-corrected chi connectivity index (χ3v) is 3.60. The topological polar surface area (TPSA) is 12.0 Å². The highest BCUT2D eigenvalue weighted by Crippen LogP contribution is 2.33. The van der Waals surface area contributed by atoms with Crippen LogP contribution in [0.4, 0.5) is 4.39 Å². The number of rotatable bonds is 4. The molecule has 1 aromatic rings. The van der Waals surface area contributed by atoms with E-state index >= 15 is 0 Å². The first-order chi connectivity index (χ1) is 7.65. The second-order valence-corrected chi connectivity index (χ2v) is 5.20. The van der Waals surface area contributed by atoms with E-state index in [1.807, 2.05) is 6.07 Å². The number of hydrogen-bond donors (Lipinski definition) is 1. The second kappa shape index (κ2) is 4.72. The number of nitrogens with one attached hydrogen (secondary N) is 1. The predicted molar refractivity (Wildman–Crippen MR) is 65.3 cm³/mol. The fourth-order valence-corrected chi connectivity index (χ4v) is 2.63. The van der Waals surface area contributed by atoms with Gasteiger partial charge in [0.2, 0.25) is 0 Å². The Labute approximate surface area is 101 Å².